The second-order valence-electron chi connectivity index (χ2n) is 8.53. The molecule has 1 aromatic rings. The van der Waals surface area contributed by atoms with Crippen LogP contribution in [0, 0.1) is 11.3 Å². The number of Topliss-reactive ketones (excluding diaryl/α,β-unsaturated/α-hetero) is 1. The molecule has 2 heterocycles. The molecule has 5 heteroatoms. The van der Waals surface area contributed by atoms with E-state index < -0.39 is 5.41 Å². The zero-order valence-electron chi connectivity index (χ0n) is 16.2. The number of benzene rings is 1. The topological polar surface area (TPSA) is 57.7 Å². The van der Waals surface area contributed by atoms with E-state index in [1.807, 2.05) is 24.8 Å². The van der Waals surface area contributed by atoms with Crippen LogP contribution in [0.5, 0.6) is 0 Å². The molecule has 0 aromatic heterocycles. The van der Waals surface area contributed by atoms with Crippen molar-refractivity contribution in [2.24, 2.45) is 11.3 Å². The number of carbonyl (C=O) groups excluding carboxylic acids is 3. The fraction of sp³-hybridized carbons (Fsp3) is 0.591. The summed E-state index contributed by atoms with van der Waals surface area (Å²) in [6.07, 6.45) is 5.27. The third-order valence-corrected chi connectivity index (χ3v) is 6.84. The third-order valence-electron chi connectivity index (χ3n) is 6.84. The molecular formula is C22H28N2O3. The van der Waals surface area contributed by atoms with Gasteiger partial charge in [0.15, 0.2) is 5.78 Å². The molecule has 2 aliphatic heterocycles. The standard InChI is InChI=1S/C22H28N2O3/c1-3-24-18-13-23(19(25)12-15-8-4-5-9-15)14-22(18,2)20(26)16-10-6-7-11-17(16)21(24)27/h6-7,10-11,15,18H,3-5,8-9,12-14H2,1-2H3/t18-,22+/m1/s1. The lowest BCUT2D eigenvalue weighted by Gasteiger charge is -2.34. The number of rotatable bonds is 3. The molecular weight excluding hydrogens is 340 g/mol. The number of likely N-dealkylation sites (tertiary alicyclic amines) is 1. The van der Waals surface area contributed by atoms with Gasteiger partial charge in [0.2, 0.25) is 5.91 Å². The van der Waals surface area contributed by atoms with Crippen molar-refractivity contribution in [1.82, 2.24) is 9.80 Å². The lowest BCUT2D eigenvalue weighted by Crippen LogP contribution is -2.49. The Kier molecular flexibility index (Phi) is 4.57. The largest absolute Gasteiger partial charge is 0.339 e. The molecule has 2 atom stereocenters. The second kappa shape index (κ2) is 6.77. The van der Waals surface area contributed by atoms with Gasteiger partial charge in [0.05, 0.1) is 17.0 Å². The number of nitrogens with zero attached hydrogens (tertiary/aromatic N) is 2. The molecule has 0 N–H and O–H groups in total. The van der Waals surface area contributed by atoms with E-state index in [1.54, 1.807) is 23.1 Å². The maximum Gasteiger partial charge on any atom is 0.254 e. The molecule has 0 spiro atoms. The van der Waals surface area contributed by atoms with Crippen LogP contribution in [-0.2, 0) is 4.79 Å². The average Bonchev–Trinajstić information content (AvgIpc) is 3.29. The average molecular weight is 368 g/mol. The normalized spacial score (nSPS) is 28.3. The van der Waals surface area contributed by atoms with E-state index in [9.17, 15) is 14.4 Å². The molecule has 144 valence electrons. The molecule has 0 radical (unpaired) electrons. The Bertz CT molecular complexity index is 784. The van der Waals surface area contributed by atoms with Gasteiger partial charge in [-0.1, -0.05) is 31.0 Å². The van der Waals surface area contributed by atoms with Gasteiger partial charge in [-0.3, -0.25) is 14.4 Å². The van der Waals surface area contributed by atoms with E-state index in [1.165, 1.54) is 12.8 Å². The fourth-order valence-electron chi connectivity index (χ4n) is 5.26. The quantitative estimate of drug-likeness (QED) is 0.824. The summed E-state index contributed by atoms with van der Waals surface area (Å²) >= 11 is 0. The minimum Gasteiger partial charge on any atom is -0.339 e. The predicted molar refractivity (Wildman–Crippen MR) is 103 cm³/mol. The van der Waals surface area contributed by atoms with Gasteiger partial charge >= 0.3 is 0 Å². The summed E-state index contributed by atoms with van der Waals surface area (Å²) in [5.41, 5.74) is 0.240. The number of fused-ring (bicyclic) bond motifs is 2. The zero-order valence-corrected chi connectivity index (χ0v) is 16.2. The van der Waals surface area contributed by atoms with Crippen LogP contribution in [0.2, 0.25) is 0 Å². The van der Waals surface area contributed by atoms with Crippen molar-refractivity contribution in [3.8, 4) is 0 Å². The van der Waals surface area contributed by atoms with Gasteiger partial charge in [-0.15, -0.1) is 0 Å². The van der Waals surface area contributed by atoms with Crippen molar-refractivity contribution < 1.29 is 14.4 Å². The van der Waals surface area contributed by atoms with Gasteiger partial charge in [-0.25, -0.2) is 0 Å². The summed E-state index contributed by atoms with van der Waals surface area (Å²) in [5, 5.41) is 0. The Balaban J connectivity index is 1.65. The Morgan fingerprint density at radius 1 is 1.15 bits per heavy atom. The summed E-state index contributed by atoms with van der Waals surface area (Å²) in [7, 11) is 0. The lowest BCUT2D eigenvalue weighted by atomic mass is 9.78. The number of ketones is 1. The van der Waals surface area contributed by atoms with Gasteiger partial charge in [-0.05, 0) is 38.7 Å². The minimum atomic E-state index is -0.746. The Morgan fingerprint density at radius 3 is 2.48 bits per heavy atom. The molecule has 3 aliphatic rings. The van der Waals surface area contributed by atoms with Crippen LogP contribution in [0.4, 0.5) is 0 Å². The van der Waals surface area contributed by atoms with Crippen molar-refractivity contribution in [3.63, 3.8) is 0 Å². The molecule has 2 fully saturated rings. The number of amides is 2. The first-order valence-electron chi connectivity index (χ1n) is 10.2. The maximum absolute atomic E-state index is 13.4. The van der Waals surface area contributed by atoms with Gasteiger partial charge in [0.25, 0.3) is 5.91 Å². The highest BCUT2D eigenvalue weighted by atomic mass is 16.2. The smallest absolute Gasteiger partial charge is 0.254 e. The Hall–Kier alpha value is -2.17. The SMILES string of the molecule is CCN1C(=O)c2ccccc2C(=O)[C@@]2(C)CN(C(=O)CC3CCCC3)C[C@@H]12. The molecule has 4 rings (SSSR count). The molecule has 1 aromatic carbocycles. The molecule has 1 saturated heterocycles. The molecule has 1 aliphatic carbocycles. The molecule has 5 nitrogen and oxygen atoms in total. The summed E-state index contributed by atoms with van der Waals surface area (Å²) in [6, 6.07) is 6.84. The molecule has 1 saturated carbocycles. The van der Waals surface area contributed by atoms with Crippen LogP contribution < -0.4 is 0 Å². The highest BCUT2D eigenvalue weighted by Gasteiger charge is 2.55. The van der Waals surface area contributed by atoms with Crippen LogP contribution in [0.15, 0.2) is 24.3 Å². The van der Waals surface area contributed by atoms with E-state index in [4.69, 9.17) is 0 Å². The highest BCUT2D eigenvalue weighted by Crippen LogP contribution is 2.41. The number of carbonyl (C=O) groups is 3. The van der Waals surface area contributed by atoms with E-state index in [0.717, 1.165) is 12.8 Å². The first kappa shape index (κ1) is 18.2. The minimum absolute atomic E-state index is 0.0106. The highest BCUT2D eigenvalue weighted by molar-refractivity contribution is 6.12. The second-order valence-corrected chi connectivity index (χ2v) is 8.53. The molecule has 27 heavy (non-hydrogen) atoms. The maximum atomic E-state index is 13.4. The monoisotopic (exact) mass is 368 g/mol. The first-order chi connectivity index (χ1) is 13.0. The van der Waals surface area contributed by atoms with Crippen molar-refractivity contribution >= 4 is 17.6 Å². The van der Waals surface area contributed by atoms with E-state index in [2.05, 4.69) is 0 Å². The van der Waals surface area contributed by atoms with Crippen molar-refractivity contribution in [2.45, 2.75) is 52.0 Å². The van der Waals surface area contributed by atoms with Crippen molar-refractivity contribution in [1.29, 1.82) is 0 Å². The predicted octanol–water partition coefficient (Wildman–Crippen LogP) is 3.14. The number of hydrogen-bond acceptors (Lipinski definition) is 3. The van der Waals surface area contributed by atoms with E-state index >= 15 is 0 Å². The first-order valence-corrected chi connectivity index (χ1v) is 10.2. The summed E-state index contributed by atoms with van der Waals surface area (Å²) in [6.45, 7) is 5.27. The van der Waals surface area contributed by atoms with Crippen LogP contribution >= 0.6 is 0 Å². The molecule has 0 unspecified atom stereocenters. The van der Waals surface area contributed by atoms with Gasteiger partial charge in [0, 0.05) is 31.6 Å². The summed E-state index contributed by atoms with van der Waals surface area (Å²) in [4.78, 5) is 43.1. The lowest BCUT2D eigenvalue weighted by molar-refractivity contribution is -0.131. The Morgan fingerprint density at radius 2 is 1.81 bits per heavy atom. The third kappa shape index (κ3) is 2.88. The zero-order chi connectivity index (χ0) is 19.2. The van der Waals surface area contributed by atoms with E-state index in [-0.39, 0.29) is 23.6 Å². The van der Waals surface area contributed by atoms with Crippen molar-refractivity contribution in [2.75, 3.05) is 19.6 Å². The van der Waals surface area contributed by atoms with Gasteiger partial charge < -0.3 is 9.80 Å². The summed E-state index contributed by atoms with van der Waals surface area (Å²) in [5.74, 6) is 0.515. The van der Waals surface area contributed by atoms with Gasteiger partial charge in [0.1, 0.15) is 0 Å². The van der Waals surface area contributed by atoms with E-state index in [0.29, 0.717) is 43.1 Å². The van der Waals surface area contributed by atoms with Crippen LogP contribution in [0.1, 0.15) is 66.7 Å². The number of likely N-dealkylation sites (N-methyl/N-ethyl adjacent to an activating group) is 1. The fourth-order valence-corrected chi connectivity index (χ4v) is 5.26. The summed E-state index contributed by atoms with van der Waals surface area (Å²) < 4.78 is 0. The van der Waals surface area contributed by atoms with Gasteiger partial charge in [-0.2, -0.15) is 0 Å². The van der Waals surface area contributed by atoms with Crippen LogP contribution in [0.25, 0.3) is 0 Å². The van der Waals surface area contributed by atoms with Crippen LogP contribution in [0.3, 0.4) is 0 Å². The van der Waals surface area contributed by atoms with Crippen molar-refractivity contribution in [3.05, 3.63) is 35.4 Å². The number of hydrogen-bond donors (Lipinski definition) is 0. The Labute approximate surface area is 160 Å². The van der Waals surface area contributed by atoms with Crippen LogP contribution in [-0.4, -0.2) is 53.1 Å². The molecule has 2 amide bonds. The molecule has 0 bridgehead atoms.